The normalized spacial score (nSPS) is 12.2. The molecule has 0 aromatic carbocycles. The van der Waals surface area contributed by atoms with Crippen molar-refractivity contribution in [2.45, 2.75) is 20.8 Å². The molecule has 0 aliphatic rings. The Hall–Kier alpha value is -1.78. The third-order valence-electron chi connectivity index (χ3n) is 2.24. The molecule has 1 atom stereocenters. The molecule has 1 amide bonds. The largest absolute Gasteiger partial charge is 0.481 e. The number of hydrogen-bond acceptors (Lipinski definition) is 3. The molecule has 1 aromatic heterocycles. The van der Waals surface area contributed by atoms with Crippen molar-refractivity contribution in [1.82, 2.24) is 5.32 Å². The van der Waals surface area contributed by atoms with Crippen molar-refractivity contribution in [3.8, 4) is 0 Å². The summed E-state index contributed by atoms with van der Waals surface area (Å²) in [7, 11) is 0. The van der Waals surface area contributed by atoms with E-state index in [1.807, 2.05) is 0 Å². The van der Waals surface area contributed by atoms with Crippen molar-refractivity contribution in [3.63, 3.8) is 0 Å². The number of aliphatic carboxylic acids is 1. The van der Waals surface area contributed by atoms with Crippen molar-refractivity contribution in [1.29, 1.82) is 0 Å². The monoisotopic (exact) mass is 225 g/mol. The smallest absolute Gasteiger partial charge is 0.308 e. The van der Waals surface area contributed by atoms with Crippen molar-refractivity contribution >= 4 is 11.9 Å². The van der Waals surface area contributed by atoms with Gasteiger partial charge in [-0.1, -0.05) is 6.92 Å². The summed E-state index contributed by atoms with van der Waals surface area (Å²) in [5.41, 5.74) is 0.748. The molecule has 0 aliphatic heterocycles. The molecule has 0 bridgehead atoms. The van der Waals surface area contributed by atoms with E-state index in [-0.39, 0.29) is 18.2 Å². The zero-order valence-corrected chi connectivity index (χ0v) is 9.53. The van der Waals surface area contributed by atoms with E-state index in [0.29, 0.717) is 5.76 Å². The SMILES string of the molecule is Cc1cc(C)c(C(=O)NCC(C)C(=O)O)o1. The fraction of sp³-hybridized carbons (Fsp3) is 0.455. The number of nitrogens with one attached hydrogen (secondary N) is 1. The molecule has 0 radical (unpaired) electrons. The minimum atomic E-state index is -0.937. The molecule has 16 heavy (non-hydrogen) atoms. The quantitative estimate of drug-likeness (QED) is 0.810. The first-order chi connectivity index (χ1) is 7.41. The van der Waals surface area contributed by atoms with Crippen LogP contribution in [0.3, 0.4) is 0 Å². The van der Waals surface area contributed by atoms with Crippen LogP contribution in [0.5, 0.6) is 0 Å². The summed E-state index contributed by atoms with van der Waals surface area (Å²) in [6.07, 6.45) is 0. The van der Waals surface area contributed by atoms with Crippen LogP contribution in [0.4, 0.5) is 0 Å². The van der Waals surface area contributed by atoms with Crippen molar-refractivity contribution in [2.24, 2.45) is 5.92 Å². The summed E-state index contributed by atoms with van der Waals surface area (Å²) in [5, 5.41) is 11.2. The summed E-state index contributed by atoms with van der Waals surface area (Å²) >= 11 is 0. The molecule has 1 aromatic rings. The Kier molecular flexibility index (Phi) is 3.71. The van der Waals surface area contributed by atoms with Gasteiger partial charge in [-0.05, 0) is 19.9 Å². The summed E-state index contributed by atoms with van der Waals surface area (Å²) in [6, 6.07) is 1.76. The van der Waals surface area contributed by atoms with E-state index in [1.54, 1.807) is 19.9 Å². The van der Waals surface area contributed by atoms with Gasteiger partial charge in [0.25, 0.3) is 5.91 Å². The molecule has 1 rings (SSSR count). The second-order valence-corrected chi connectivity index (χ2v) is 3.82. The highest BCUT2D eigenvalue weighted by Gasteiger charge is 2.17. The standard InChI is InChI=1S/C11H15NO4/c1-6-4-8(3)16-9(6)10(13)12-5-7(2)11(14)15/h4,7H,5H2,1-3H3,(H,12,13)(H,14,15). The number of carboxylic acid groups (broad SMARTS) is 1. The van der Waals surface area contributed by atoms with Crippen LogP contribution in [0.25, 0.3) is 0 Å². The summed E-state index contributed by atoms with van der Waals surface area (Å²) in [6.45, 7) is 5.14. The first-order valence-corrected chi connectivity index (χ1v) is 5.00. The van der Waals surface area contributed by atoms with Gasteiger partial charge in [-0.2, -0.15) is 0 Å². The van der Waals surface area contributed by atoms with E-state index in [2.05, 4.69) is 5.32 Å². The second-order valence-electron chi connectivity index (χ2n) is 3.82. The lowest BCUT2D eigenvalue weighted by molar-refractivity contribution is -0.140. The van der Waals surface area contributed by atoms with Gasteiger partial charge in [0.2, 0.25) is 0 Å². The van der Waals surface area contributed by atoms with Crippen LogP contribution in [0, 0.1) is 19.8 Å². The zero-order chi connectivity index (χ0) is 12.3. The Morgan fingerprint density at radius 1 is 1.50 bits per heavy atom. The topological polar surface area (TPSA) is 79.5 Å². The van der Waals surface area contributed by atoms with E-state index in [1.165, 1.54) is 6.92 Å². The van der Waals surface area contributed by atoms with E-state index in [0.717, 1.165) is 5.56 Å². The average molecular weight is 225 g/mol. The molecule has 0 aliphatic carbocycles. The molecule has 2 N–H and O–H groups in total. The number of carbonyl (C=O) groups excluding carboxylic acids is 1. The van der Waals surface area contributed by atoms with Crippen LogP contribution < -0.4 is 5.32 Å². The van der Waals surface area contributed by atoms with Gasteiger partial charge in [0, 0.05) is 12.1 Å². The minimum absolute atomic E-state index is 0.0906. The summed E-state index contributed by atoms with van der Waals surface area (Å²) in [5.74, 6) is -1.02. The first-order valence-electron chi connectivity index (χ1n) is 5.00. The maximum atomic E-state index is 11.6. The molecule has 5 nitrogen and oxygen atoms in total. The minimum Gasteiger partial charge on any atom is -0.481 e. The molecule has 0 saturated carbocycles. The molecular weight excluding hydrogens is 210 g/mol. The van der Waals surface area contributed by atoms with E-state index in [9.17, 15) is 9.59 Å². The number of amides is 1. The predicted molar refractivity (Wildman–Crippen MR) is 57.3 cm³/mol. The van der Waals surface area contributed by atoms with Gasteiger partial charge in [-0.25, -0.2) is 0 Å². The lowest BCUT2D eigenvalue weighted by Gasteiger charge is -2.07. The Bertz CT molecular complexity index is 408. The number of carbonyl (C=O) groups is 2. The Balaban J connectivity index is 2.60. The third-order valence-corrected chi connectivity index (χ3v) is 2.24. The summed E-state index contributed by atoms with van der Waals surface area (Å²) in [4.78, 5) is 22.2. The van der Waals surface area contributed by atoms with Gasteiger partial charge in [0.05, 0.1) is 5.92 Å². The molecule has 0 saturated heterocycles. The van der Waals surface area contributed by atoms with Crippen LogP contribution in [0.2, 0.25) is 0 Å². The molecule has 0 fully saturated rings. The van der Waals surface area contributed by atoms with Gasteiger partial charge in [0.15, 0.2) is 5.76 Å². The zero-order valence-electron chi connectivity index (χ0n) is 9.53. The second kappa shape index (κ2) is 4.83. The lowest BCUT2D eigenvalue weighted by Crippen LogP contribution is -2.31. The average Bonchev–Trinajstić information content (AvgIpc) is 2.53. The van der Waals surface area contributed by atoms with Crippen molar-refractivity contribution < 1.29 is 19.1 Å². The molecule has 0 spiro atoms. The maximum Gasteiger partial charge on any atom is 0.308 e. The predicted octanol–water partition coefficient (Wildman–Crippen LogP) is 1.35. The first kappa shape index (κ1) is 12.3. The van der Waals surface area contributed by atoms with Gasteiger partial charge in [0.1, 0.15) is 5.76 Å². The fourth-order valence-electron chi connectivity index (χ4n) is 1.28. The van der Waals surface area contributed by atoms with Crippen LogP contribution in [-0.2, 0) is 4.79 Å². The van der Waals surface area contributed by atoms with E-state index < -0.39 is 11.9 Å². The van der Waals surface area contributed by atoms with Gasteiger partial charge >= 0.3 is 5.97 Å². The van der Waals surface area contributed by atoms with Crippen LogP contribution in [0.15, 0.2) is 10.5 Å². The van der Waals surface area contributed by atoms with Gasteiger partial charge in [-0.3, -0.25) is 9.59 Å². The molecule has 1 heterocycles. The number of aryl methyl sites for hydroxylation is 2. The molecule has 88 valence electrons. The van der Waals surface area contributed by atoms with Gasteiger partial charge < -0.3 is 14.8 Å². The van der Waals surface area contributed by atoms with Gasteiger partial charge in [-0.15, -0.1) is 0 Å². The Labute approximate surface area is 93.4 Å². The Morgan fingerprint density at radius 2 is 2.12 bits per heavy atom. The number of rotatable bonds is 4. The highest BCUT2D eigenvalue weighted by atomic mass is 16.4. The molecule has 1 unspecified atom stereocenters. The van der Waals surface area contributed by atoms with Crippen molar-refractivity contribution in [2.75, 3.05) is 6.54 Å². The third kappa shape index (κ3) is 2.85. The highest BCUT2D eigenvalue weighted by molar-refractivity contribution is 5.93. The maximum absolute atomic E-state index is 11.6. The van der Waals surface area contributed by atoms with E-state index >= 15 is 0 Å². The fourth-order valence-corrected chi connectivity index (χ4v) is 1.28. The Morgan fingerprint density at radius 3 is 2.56 bits per heavy atom. The number of hydrogen-bond donors (Lipinski definition) is 2. The van der Waals surface area contributed by atoms with E-state index in [4.69, 9.17) is 9.52 Å². The molecular formula is C11H15NO4. The molecule has 5 heteroatoms. The number of carboxylic acids is 1. The number of furan rings is 1. The van der Waals surface area contributed by atoms with Crippen LogP contribution in [-0.4, -0.2) is 23.5 Å². The van der Waals surface area contributed by atoms with Crippen LogP contribution >= 0.6 is 0 Å². The van der Waals surface area contributed by atoms with Crippen LogP contribution in [0.1, 0.15) is 28.8 Å². The highest BCUT2D eigenvalue weighted by Crippen LogP contribution is 2.13. The lowest BCUT2D eigenvalue weighted by atomic mass is 10.2. The van der Waals surface area contributed by atoms with Crippen molar-refractivity contribution in [3.05, 3.63) is 23.2 Å². The summed E-state index contributed by atoms with van der Waals surface area (Å²) < 4.78 is 5.21.